The van der Waals surface area contributed by atoms with Crippen molar-refractivity contribution in [3.8, 4) is 0 Å². The van der Waals surface area contributed by atoms with Crippen LogP contribution in [0.25, 0.3) is 0 Å². The summed E-state index contributed by atoms with van der Waals surface area (Å²) >= 11 is 1.31. The first kappa shape index (κ1) is 9.06. The van der Waals surface area contributed by atoms with Gasteiger partial charge in [-0.05, 0) is 16.9 Å². The van der Waals surface area contributed by atoms with Gasteiger partial charge in [0.05, 0.1) is 5.69 Å². The van der Waals surface area contributed by atoms with E-state index in [0.29, 0.717) is 16.5 Å². The largest absolute Gasteiger partial charge is 0.397 e. The van der Waals surface area contributed by atoms with Crippen LogP contribution in [0, 0.1) is 0 Å². The van der Waals surface area contributed by atoms with Gasteiger partial charge in [-0.25, -0.2) is 0 Å². The van der Waals surface area contributed by atoms with E-state index in [2.05, 4.69) is 0 Å². The van der Waals surface area contributed by atoms with Crippen molar-refractivity contribution in [2.24, 2.45) is 5.73 Å². The van der Waals surface area contributed by atoms with Crippen molar-refractivity contribution in [1.82, 2.24) is 0 Å². The third-order valence-electron chi connectivity index (χ3n) is 1.71. The third kappa shape index (κ3) is 1.43. The highest BCUT2D eigenvalue weighted by molar-refractivity contribution is 7.12. The van der Waals surface area contributed by atoms with E-state index in [1.807, 2.05) is 19.2 Å². The summed E-state index contributed by atoms with van der Waals surface area (Å²) in [5, 5.41) is 1.89. The van der Waals surface area contributed by atoms with Crippen LogP contribution in [-0.2, 0) is 0 Å². The number of hydrogen-bond donors (Lipinski definition) is 2. The monoisotopic (exact) mass is 184 g/mol. The van der Waals surface area contributed by atoms with Crippen LogP contribution in [0.5, 0.6) is 0 Å². The van der Waals surface area contributed by atoms with E-state index in [0.717, 1.165) is 5.56 Å². The molecule has 0 saturated heterocycles. The van der Waals surface area contributed by atoms with Crippen LogP contribution >= 0.6 is 11.3 Å². The van der Waals surface area contributed by atoms with Crippen molar-refractivity contribution >= 4 is 22.9 Å². The lowest BCUT2D eigenvalue weighted by molar-refractivity contribution is 0.100. The smallest absolute Gasteiger partial charge is 0.260 e. The third-order valence-corrected chi connectivity index (χ3v) is 2.73. The van der Waals surface area contributed by atoms with Crippen LogP contribution in [0.3, 0.4) is 0 Å². The molecule has 1 rings (SSSR count). The highest BCUT2D eigenvalue weighted by atomic mass is 32.1. The van der Waals surface area contributed by atoms with Gasteiger partial charge in [0.25, 0.3) is 5.91 Å². The normalized spacial score (nSPS) is 10.6. The number of nitrogen functional groups attached to an aromatic ring is 1. The summed E-state index contributed by atoms with van der Waals surface area (Å²) in [5.41, 5.74) is 12.4. The molecule has 4 N–H and O–H groups in total. The van der Waals surface area contributed by atoms with E-state index in [1.165, 1.54) is 11.3 Å². The highest BCUT2D eigenvalue weighted by Crippen LogP contribution is 2.30. The molecule has 0 spiro atoms. The molecule has 0 aliphatic heterocycles. The van der Waals surface area contributed by atoms with Crippen molar-refractivity contribution < 1.29 is 4.79 Å². The molecule has 0 bridgehead atoms. The van der Waals surface area contributed by atoms with Crippen molar-refractivity contribution in [3.63, 3.8) is 0 Å². The number of hydrogen-bond acceptors (Lipinski definition) is 3. The fraction of sp³-hybridized carbons (Fsp3) is 0.375. The molecule has 1 aromatic rings. The van der Waals surface area contributed by atoms with Gasteiger partial charge < -0.3 is 11.5 Å². The molecular formula is C8H12N2OS. The number of thiophene rings is 1. The minimum Gasteiger partial charge on any atom is -0.397 e. The second-order valence-electron chi connectivity index (χ2n) is 2.95. The molecular weight excluding hydrogens is 172 g/mol. The van der Waals surface area contributed by atoms with Gasteiger partial charge in [0, 0.05) is 0 Å². The first-order valence-electron chi connectivity index (χ1n) is 3.70. The quantitative estimate of drug-likeness (QED) is 0.732. The Morgan fingerprint density at radius 3 is 2.42 bits per heavy atom. The molecule has 0 aliphatic carbocycles. The van der Waals surface area contributed by atoms with Crippen LogP contribution in [0.4, 0.5) is 5.69 Å². The summed E-state index contributed by atoms with van der Waals surface area (Å²) in [4.78, 5) is 11.3. The van der Waals surface area contributed by atoms with Gasteiger partial charge in [-0.2, -0.15) is 0 Å². The molecule has 0 fully saturated rings. The Morgan fingerprint density at radius 1 is 1.58 bits per heavy atom. The van der Waals surface area contributed by atoms with Gasteiger partial charge in [0.1, 0.15) is 4.88 Å². The number of anilines is 1. The SMILES string of the molecule is CC(C)c1csc(C(N)=O)c1N. The van der Waals surface area contributed by atoms with E-state index < -0.39 is 5.91 Å². The second kappa shape index (κ2) is 3.15. The van der Waals surface area contributed by atoms with Gasteiger partial charge in [0.15, 0.2) is 0 Å². The first-order chi connectivity index (χ1) is 5.54. The van der Waals surface area contributed by atoms with Gasteiger partial charge in [-0.1, -0.05) is 13.8 Å². The Balaban J connectivity index is 3.13. The maximum Gasteiger partial charge on any atom is 0.260 e. The van der Waals surface area contributed by atoms with E-state index in [-0.39, 0.29) is 0 Å². The number of carbonyl (C=O) groups is 1. The Kier molecular flexibility index (Phi) is 2.38. The Morgan fingerprint density at radius 2 is 2.17 bits per heavy atom. The number of carbonyl (C=O) groups excluding carboxylic acids is 1. The minimum atomic E-state index is -0.440. The van der Waals surface area contributed by atoms with Crippen molar-refractivity contribution in [1.29, 1.82) is 0 Å². The standard InChI is InChI=1S/C8H12N2OS/c1-4(2)5-3-12-7(6(5)9)8(10)11/h3-4H,9H2,1-2H3,(H2,10,11). The minimum absolute atomic E-state index is 0.342. The summed E-state index contributed by atoms with van der Waals surface area (Å²) in [5.74, 6) is -0.0984. The molecule has 66 valence electrons. The fourth-order valence-corrected chi connectivity index (χ4v) is 2.02. The lowest BCUT2D eigenvalue weighted by Crippen LogP contribution is -2.11. The van der Waals surface area contributed by atoms with Crippen LogP contribution < -0.4 is 11.5 Å². The zero-order chi connectivity index (χ0) is 9.30. The average molecular weight is 184 g/mol. The molecule has 0 aromatic carbocycles. The van der Waals surface area contributed by atoms with E-state index >= 15 is 0 Å². The number of nitrogens with two attached hydrogens (primary N) is 2. The molecule has 0 aliphatic rings. The predicted octanol–water partition coefficient (Wildman–Crippen LogP) is 1.55. The molecule has 0 saturated carbocycles. The molecule has 1 aromatic heterocycles. The lowest BCUT2D eigenvalue weighted by Gasteiger charge is -2.02. The van der Waals surface area contributed by atoms with E-state index in [1.54, 1.807) is 0 Å². The van der Waals surface area contributed by atoms with Crippen LogP contribution in [0.15, 0.2) is 5.38 Å². The average Bonchev–Trinajstić information content (AvgIpc) is 2.30. The molecule has 3 nitrogen and oxygen atoms in total. The predicted molar refractivity (Wildman–Crippen MR) is 51.3 cm³/mol. The molecule has 1 amide bonds. The second-order valence-corrected chi connectivity index (χ2v) is 3.83. The molecule has 0 atom stereocenters. The van der Waals surface area contributed by atoms with Crippen LogP contribution in [0.2, 0.25) is 0 Å². The topological polar surface area (TPSA) is 69.1 Å². The summed E-state index contributed by atoms with van der Waals surface area (Å²) < 4.78 is 0. The van der Waals surface area contributed by atoms with Gasteiger partial charge in [-0.3, -0.25) is 4.79 Å². The van der Waals surface area contributed by atoms with Crippen LogP contribution in [0.1, 0.15) is 35.0 Å². The van der Waals surface area contributed by atoms with Crippen molar-refractivity contribution in [2.75, 3.05) is 5.73 Å². The number of rotatable bonds is 2. The van der Waals surface area contributed by atoms with Gasteiger partial charge >= 0.3 is 0 Å². The number of primary amides is 1. The molecule has 4 heteroatoms. The maximum absolute atomic E-state index is 10.8. The van der Waals surface area contributed by atoms with Crippen molar-refractivity contribution in [2.45, 2.75) is 19.8 Å². The zero-order valence-corrected chi connectivity index (χ0v) is 7.94. The van der Waals surface area contributed by atoms with Gasteiger partial charge in [0.2, 0.25) is 0 Å². The molecule has 0 unspecified atom stereocenters. The molecule has 0 radical (unpaired) electrons. The molecule has 1 heterocycles. The van der Waals surface area contributed by atoms with E-state index in [4.69, 9.17) is 11.5 Å². The molecule has 12 heavy (non-hydrogen) atoms. The Labute approximate surface area is 75.4 Å². The van der Waals surface area contributed by atoms with Crippen molar-refractivity contribution in [3.05, 3.63) is 15.8 Å². The summed E-state index contributed by atoms with van der Waals surface area (Å²) in [7, 11) is 0. The lowest BCUT2D eigenvalue weighted by atomic mass is 10.1. The zero-order valence-electron chi connectivity index (χ0n) is 7.13. The van der Waals surface area contributed by atoms with E-state index in [9.17, 15) is 4.79 Å². The Bertz CT molecular complexity index is 304. The fourth-order valence-electron chi connectivity index (χ4n) is 1.02. The summed E-state index contributed by atoms with van der Waals surface area (Å²) in [6, 6.07) is 0. The maximum atomic E-state index is 10.8. The van der Waals surface area contributed by atoms with Gasteiger partial charge in [-0.15, -0.1) is 11.3 Å². The highest BCUT2D eigenvalue weighted by Gasteiger charge is 2.14. The Hall–Kier alpha value is -1.03. The first-order valence-corrected chi connectivity index (χ1v) is 4.58. The summed E-state index contributed by atoms with van der Waals surface area (Å²) in [6.45, 7) is 4.06. The summed E-state index contributed by atoms with van der Waals surface area (Å²) in [6.07, 6.45) is 0. The van der Waals surface area contributed by atoms with Crippen LogP contribution in [-0.4, -0.2) is 5.91 Å². The number of amides is 1.